The van der Waals surface area contributed by atoms with Gasteiger partial charge in [0.05, 0.1) is 6.54 Å². The van der Waals surface area contributed by atoms with Gasteiger partial charge in [0.1, 0.15) is 11.5 Å². The quantitative estimate of drug-likeness (QED) is 0.787. The maximum absolute atomic E-state index is 14.1. The van der Waals surface area contributed by atoms with Crippen molar-refractivity contribution in [3.63, 3.8) is 0 Å². The molecule has 0 fully saturated rings. The maximum atomic E-state index is 14.1. The lowest BCUT2D eigenvalue weighted by Crippen LogP contribution is -2.32. The molecule has 0 unspecified atom stereocenters. The molecule has 2 heterocycles. The van der Waals surface area contributed by atoms with Gasteiger partial charge in [-0.2, -0.15) is 5.10 Å². The molecule has 8 nitrogen and oxygen atoms in total. The van der Waals surface area contributed by atoms with E-state index in [1.165, 1.54) is 15.5 Å². The third-order valence-electron chi connectivity index (χ3n) is 3.20. The van der Waals surface area contributed by atoms with E-state index >= 15 is 0 Å². The first kappa shape index (κ1) is 18.0. The molecule has 13 heteroatoms. The van der Waals surface area contributed by atoms with Gasteiger partial charge in [-0.1, -0.05) is 6.07 Å². The molecule has 0 saturated heterocycles. The summed E-state index contributed by atoms with van der Waals surface area (Å²) in [6.45, 7) is 0.709. The Balaban J connectivity index is 1.85. The van der Waals surface area contributed by atoms with E-state index in [-0.39, 0.29) is 11.6 Å². The van der Waals surface area contributed by atoms with Crippen molar-refractivity contribution in [1.82, 2.24) is 14.5 Å². The van der Waals surface area contributed by atoms with E-state index in [0.717, 1.165) is 6.07 Å². The number of amides is 1. The highest BCUT2D eigenvalue weighted by Gasteiger charge is 2.34. The first-order chi connectivity index (χ1) is 12.1. The van der Waals surface area contributed by atoms with Crippen molar-refractivity contribution in [3.8, 4) is 11.6 Å². The lowest BCUT2D eigenvalue weighted by Gasteiger charge is -2.12. The lowest BCUT2D eigenvalue weighted by molar-refractivity contribution is -0.275. The zero-order chi connectivity index (χ0) is 19.1. The zero-order valence-corrected chi connectivity index (χ0v) is 13.4. The minimum absolute atomic E-state index is 0.249. The van der Waals surface area contributed by atoms with Crippen LogP contribution in [0.3, 0.4) is 0 Å². The lowest BCUT2D eigenvalue weighted by atomic mass is 10.3. The first-order valence-corrected chi connectivity index (χ1v) is 8.37. The molecule has 1 aromatic heterocycles. The molecule has 0 radical (unpaired) electrons. The molecule has 26 heavy (non-hydrogen) atoms. The largest absolute Gasteiger partial charge is 0.573 e. The smallest absolute Gasteiger partial charge is 0.476 e. The number of aromatic nitrogens is 2. The van der Waals surface area contributed by atoms with Gasteiger partial charge in [0, 0.05) is 6.07 Å². The second-order valence-electron chi connectivity index (χ2n) is 4.99. The number of carbonyl (C=O) groups excluding carboxylic acids is 1. The standard InChI is InChI=1S/C13H9F4N3O5S/c14-11-8(25-13(15,16)17)2-1-3-9(11)26(22,23)19-12(21)7-6-10-20(18-7)4-5-24-10/h1-3,6H,4-5H2,(H,19,21). The summed E-state index contributed by atoms with van der Waals surface area (Å²) in [6.07, 6.45) is -5.22. The highest BCUT2D eigenvalue weighted by Crippen LogP contribution is 2.29. The number of nitrogens with one attached hydrogen (secondary N) is 1. The summed E-state index contributed by atoms with van der Waals surface area (Å²) >= 11 is 0. The van der Waals surface area contributed by atoms with Gasteiger partial charge in [0.2, 0.25) is 5.88 Å². The Morgan fingerprint density at radius 2 is 2.08 bits per heavy atom. The van der Waals surface area contributed by atoms with Crippen molar-refractivity contribution >= 4 is 15.9 Å². The summed E-state index contributed by atoms with van der Waals surface area (Å²) in [5.74, 6) is -4.08. The Morgan fingerprint density at radius 1 is 1.35 bits per heavy atom. The second kappa shape index (κ2) is 6.16. The van der Waals surface area contributed by atoms with Gasteiger partial charge < -0.3 is 9.47 Å². The fourth-order valence-corrected chi connectivity index (χ4v) is 3.21. The third-order valence-corrected chi connectivity index (χ3v) is 4.55. The van der Waals surface area contributed by atoms with E-state index in [1.54, 1.807) is 0 Å². The fourth-order valence-electron chi connectivity index (χ4n) is 2.15. The average Bonchev–Trinajstić information content (AvgIpc) is 3.08. The van der Waals surface area contributed by atoms with Crippen LogP contribution in [0.25, 0.3) is 0 Å². The topological polar surface area (TPSA) is 99.5 Å². The van der Waals surface area contributed by atoms with Crippen molar-refractivity contribution in [2.45, 2.75) is 17.8 Å². The van der Waals surface area contributed by atoms with Crippen molar-refractivity contribution < 1.29 is 40.2 Å². The molecule has 1 N–H and O–H groups in total. The molecule has 1 amide bonds. The molecular weight excluding hydrogens is 386 g/mol. The summed E-state index contributed by atoms with van der Waals surface area (Å²) in [6, 6.07) is 3.30. The van der Waals surface area contributed by atoms with Crippen LogP contribution in [0.4, 0.5) is 17.6 Å². The Hall–Kier alpha value is -2.83. The van der Waals surface area contributed by atoms with Gasteiger partial charge in [-0.15, -0.1) is 13.2 Å². The zero-order valence-electron chi connectivity index (χ0n) is 12.6. The van der Waals surface area contributed by atoms with E-state index in [1.807, 2.05) is 0 Å². The Labute approximate surface area is 143 Å². The van der Waals surface area contributed by atoms with E-state index in [4.69, 9.17) is 4.74 Å². The number of alkyl halides is 3. The van der Waals surface area contributed by atoms with Gasteiger partial charge in [0.25, 0.3) is 15.9 Å². The van der Waals surface area contributed by atoms with E-state index in [9.17, 15) is 30.8 Å². The van der Waals surface area contributed by atoms with Crippen LogP contribution in [0.15, 0.2) is 29.2 Å². The van der Waals surface area contributed by atoms with Crippen LogP contribution in [0, 0.1) is 5.82 Å². The van der Waals surface area contributed by atoms with Crippen molar-refractivity contribution in [3.05, 3.63) is 35.8 Å². The van der Waals surface area contributed by atoms with E-state index < -0.39 is 38.8 Å². The molecule has 3 rings (SSSR count). The fraction of sp³-hybridized carbons (Fsp3) is 0.231. The minimum atomic E-state index is -5.22. The SMILES string of the molecule is O=C(NS(=O)(=O)c1cccc(OC(F)(F)F)c1F)c1cc2n(n1)CCO2. The van der Waals surface area contributed by atoms with Crippen LogP contribution < -0.4 is 14.2 Å². The van der Waals surface area contributed by atoms with Crippen molar-refractivity contribution in [2.75, 3.05) is 6.61 Å². The third kappa shape index (κ3) is 3.56. The number of halogens is 4. The van der Waals surface area contributed by atoms with Crippen LogP contribution in [-0.4, -0.2) is 37.1 Å². The van der Waals surface area contributed by atoms with Crippen molar-refractivity contribution in [1.29, 1.82) is 0 Å². The number of rotatable bonds is 4. The highest BCUT2D eigenvalue weighted by atomic mass is 32.2. The molecule has 0 spiro atoms. The predicted molar refractivity (Wildman–Crippen MR) is 75.5 cm³/mol. The number of hydrogen-bond acceptors (Lipinski definition) is 6. The number of nitrogens with zero attached hydrogens (tertiary/aromatic N) is 2. The van der Waals surface area contributed by atoms with Gasteiger partial charge in [0.15, 0.2) is 17.3 Å². The molecule has 0 aliphatic carbocycles. The van der Waals surface area contributed by atoms with E-state index in [2.05, 4.69) is 9.84 Å². The molecule has 1 aliphatic rings. The number of ether oxygens (including phenoxy) is 2. The summed E-state index contributed by atoms with van der Waals surface area (Å²) in [7, 11) is -4.82. The van der Waals surface area contributed by atoms with Gasteiger partial charge in [-0.25, -0.2) is 22.2 Å². The van der Waals surface area contributed by atoms with E-state index in [0.29, 0.717) is 25.3 Å². The maximum Gasteiger partial charge on any atom is 0.573 e. The number of sulfonamides is 1. The van der Waals surface area contributed by atoms with Crippen LogP contribution in [-0.2, 0) is 16.6 Å². The normalized spacial score (nSPS) is 13.8. The molecule has 0 atom stereocenters. The Bertz CT molecular complexity index is 949. The van der Waals surface area contributed by atoms with Crippen LogP contribution in [0.1, 0.15) is 10.5 Å². The molecule has 0 saturated carbocycles. The molecule has 0 bridgehead atoms. The summed E-state index contributed by atoms with van der Waals surface area (Å²) in [4.78, 5) is 10.8. The van der Waals surface area contributed by atoms with Gasteiger partial charge >= 0.3 is 6.36 Å². The molecule has 1 aromatic carbocycles. The van der Waals surface area contributed by atoms with Crippen molar-refractivity contribution in [2.24, 2.45) is 0 Å². The number of benzene rings is 1. The summed E-state index contributed by atoms with van der Waals surface area (Å²) in [5, 5.41) is 3.80. The molecule has 2 aromatic rings. The highest BCUT2D eigenvalue weighted by molar-refractivity contribution is 7.90. The van der Waals surface area contributed by atoms with Gasteiger partial charge in [-0.3, -0.25) is 4.79 Å². The monoisotopic (exact) mass is 395 g/mol. The number of hydrogen-bond donors (Lipinski definition) is 1. The summed E-state index contributed by atoms with van der Waals surface area (Å²) < 4.78 is 86.5. The number of fused-ring (bicyclic) bond motifs is 1. The first-order valence-electron chi connectivity index (χ1n) is 6.89. The molecule has 1 aliphatic heterocycles. The molecule has 140 valence electrons. The second-order valence-corrected chi connectivity index (χ2v) is 6.64. The average molecular weight is 395 g/mol. The minimum Gasteiger partial charge on any atom is -0.476 e. The Kier molecular flexibility index (Phi) is 4.26. The Morgan fingerprint density at radius 3 is 2.73 bits per heavy atom. The summed E-state index contributed by atoms with van der Waals surface area (Å²) in [5.41, 5.74) is -0.314. The van der Waals surface area contributed by atoms with Gasteiger partial charge in [-0.05, 0) is 12.1 Å². The predicted octanol–water partition coefficient (Wildman–Crippen LogP) is 1.43. The van der Waals surface area contributed by atoms with Crippen LogP contribution in [0.5, 0.6) is 11.6 Å². The van der Waals surface area contributed by atoms with Crippen LogP contribution in [0.2, 0.25) is 0 Å². The van der Waals surface area contributed by atoms with Crippen LogP contribution >= 0.6 is 0 Å². The number of carbonyl (C=O) groups is 1. The molecular formula is C13H9F4N3O5S.